The molecule has 0 atom stereocenters. The summed E-state index contributed by atoms with van der Waals surface area (Å²) in [6.07, 6.45) is 2.75. The number of carbonyl (C=O) groups is 1. The van der Waals surface area contributed by atoms with Gasteiger partial charge in [-0.05, 0) is 25.6 Å². The molecule has 1 aromatic carbocycles. The molecule has 34 heavy (non-hydrogen) atoms. The minimum Gasteiger partial charge on any atom is -0.494 e. The van der Waals surface area contributed by atoms with Gasteiger partial charge in [-0.1, -0.05) is 0 Å². The van der Waals surface area contributed by atoms with Crippen molar-refractivity contribution in [3.05, 3.63) is 52.3 Å². The first-order chi connectivity index (χ1) is 16.4. The third-order valence-electron chi connectivity index (χ3n) is 5.40. The third kappa shape index (κ3) is 5.23. The molecule has 0 spiro atoms. The van der Waals surface area contributed by atoms with Gasteiger partial charge in [-0.15, -0.1) is 11.3 Å². The number of anilines is 2. The lowest BCUT2D eigenvalue weighted by Gasteiger charge is -2.31. The first kappa shape index (κ1) is 23.8. The fraction of sp³-hybridized carbons (Fsp3) is 0.364. The fourth-order valence-electron chi connectivity index (χ4n) is 3.39. The van der Waals surface area contributed by atoms with Crippen molar-refractivity contribution < 1.29 is 23.0 Å². The number of hydrogen-bond donors (Lipinski definition) is 1. The highest BCUT2D eigenvalue weighted by molar-refractivity contribution is 7.14. The Bertz CT molecular complexity index is 1170. The van der Waals surface area contributed by atoms with Crippen molar-refractivity contribution in [1.29, 1.82) is 0 Å². The molecule has 0 radical (unpaired) electrons. The van der Waals surface area contributed by atoms with Crippen LogP contribution in [0.15, 0.2) is 23.8 Å². The van der Waals surface area contributed by atoms with Crippen LogP contribution in [0.4, 0.5) is 19.9 Å². The maximum absolute atomic E-state index is 14.4. The molecule has 1 amide bonds. The van der Waals surface area contributed by atoms with Crippen molar-refractivity contribution in [2.24, 2.45) is 0 Å². The van der Waals surface area contributed by atoms with Crippen LogP contribution in [-0.4, -0.2) is 71.0 Å². The van der Waals surface area contributed by atoms with Crippen molar-refractivity contribution in [3.63, 3.8) is 0 Å². The van der Waals surface area contributed by atoms with E-state index in [4.69, 9.17) is 9.47 Å². The lowest BCUT2D eigenvalue weighted by Crippen LogP contribution is -2.47. The average Bonchev–Trinajstić information content (AvgIpc) is 3.31. The summed E-state index contributed by atoms with van der Waals surface area (Å²) in [6, 6.07) is 1.29. The number of halogens is 2. The zero-order chi connectivity index (χ0) is 24.2. The van der Waals surface area contributed by atoms with Crippen LogP contribution < -0.4 is 14.8 Å². The Morgan fingerprint density at radius 2 is 1.88 bits per heavy atom. The summed E-state index contributed by atoms with van der Waals surface area (Å²) >= 11 is 1.27. The lowest BCUT2D eigenvalue weighted by atomic mass is 10.1. The number of hydrogen-bond acceptors (Lipinski definition) is 9. The van der Waals surface area contributed by atoms with Gasteiger partial charge in [0.2, 0.25) is 5.95 Å². The van der Waals surface area contributed by atoms with Crippen LogP contribution in [0.2, 0.25) is 0 Å². The summed E-state index contributed by atoms with van der Waals surface area (Å²) in [4.78, 5) is 29.2. The molecule has 0 saturated carbocycles. The number of rotatable bonds is 7. The Labute approximate surface area is 199 Å². The number of ether oxygens (including phenoxy) is 2. The molecule has 1 saturated heterocycles. The van der Waals surface area contributed by atoms with Crippen LogP contribution in [0.25, 0.3) is 0 Å². The largest absolute Gasteiger partial charge is 0.494 e. The van der Waals surface area contributed by atoms with E-state index in [9.17, 15) is 13.6 Å². The van der Waals surface area contributed by atoms with Crippen molar-refractivity contribution in [1.82, 2.24) is 24.8 Å². The van der Waals surface area contributed by atoms with E-state index in [1.807, 2.05) is 7.05 Å². The number of thiazole rings is 1. The topological polar surface area (TPSA) is 92.7 Å². The monoisotopic (exact) mass is 490 g/mol. The molecule has 1 aliphatic heterocycles. The number of nitrogens with one attached hydrogen (secondary N) is 1. The summed E-state index contributed by atoms with van der Waals surface area (Å²) in [5.74, 6) is -1.18. The molecule has 12 heteroatoms. The predicted molar refractivity (Wildman–Crippen MR) is 123 cm³/mol. The van der Waals surface area contributed by atoms with E-state index in [0.29, 0.717) is 23.9 Å². The summed E-state index contributed by atoms with van der Waals surface area (Å²) in [6.45, 7) is 4.18. The predicted octanol–water partition coefficient (Wildman–Crippen LogP) is 3.24. The van der Waals surface area contributed by atoms with Crippen LogP contribution >= 0.6 is 11.3 Å². The Kier molecular flexibility index (Phi) is 7.17. The quantitative estimate of drug-likeness (QED) is 0.540. The number of methoxy groups -OCH3 is 1. The standard InChI is InChI=1S/C22H24F2N6O3S/c1-13-8-17(32-3)19(24)15(18(13)23)11-33-14-9-25-21(26-10-14)28-22-27-16(12-34-22)20(31)30-6-4-29(2)5-7-30/h8-10,12H,4-7,11H2,1-3H3,(H,25,26,27,28). The summed E-state index contributed by atoms with van der Waals surface area (Å²) in [5.41, 5.74) is 0.385. The molecule has 0 bridgehead atoms. The molecule has 0 aliphatic carbocycles. The van der Waals surface area contributed by atoms with Crippen LogP contribution in [-0.2, 0) is 6.61 Å². The zero-order valence-corrected chi connectivity index (χ0v) is 19.8. The fourth-order valence-corrected chi connectivity index (χ4v) is 4.07. The number of nitrogens with zero attached hydrogens (tertiary/aromatic N) is 5. The van der Waals surface area contributed by atoms with Gasteiger partial charge in [0, 0.05) is 31.6 Å². The number of aryl methyl sites for hydroxylation is 1. The van der Waals surface area contributed by atoms with Gasteiger partial charge in [-0.25, -0.2) is 23.7 Å². The van der Waals surface area contributed by atoms with Gasteiger partial charge in [0.15, 0.2) is 22.4 Å². The van der Waals surface area contributed by atoms with Gasteiger partial charge in [0.25, 0.3) is 5.91 Å². The SMILES string of the molecule is COc1cc(C)c(F)c(COc2cnc(Nc3nc(C(=O)N4CCN(C)CC4)cs3)nc2)c1F. The molecule has 4 rings (SSSR count). The van der Waals surface area contributed by atoms with E-state index in [-0.39, 0.29) is 41.1 Å². The number of benzene rings is 1. The second-order valence-corrected chi connectivity index (χ2v) is 8.65. The highest BCUT2D eigenvalue weighted by atomic mass is 32.1. The van der Waals surface area contributed by atoms with Crippen LogP contribution in [0.3, 0.4) is 0 Å². The van der Waals surface area contributed by atoms with Crippen molar-refractivity contribution >= 4 is 28.3 Å². The average molecular weight is 491 g/mol. The molecule has 3 heterocycles. The highest BCUT2D eigenvalue weighted by Gasteiger charge is 2.22. The Morgan fingerprint density at radius 3 is 2.56 bits per heavy atom. The van der Waals surface area contributed by atoms with Gasteiger partial charge in [-0.2, -0.15) is 0 Å². The van der Waals surface area contributed by atoms with E-state index in [1.54, 1.807) is 10.3 Å². The lowest BCUT2D eigenvalue weighted by molar-refractivity contribution is 0.0659. The van der Waals surface area contributed by atoms with E-state index in [2.05, 4.69) is 25.2 Å². The molecule has 1 N–H and O–H groups in total. The van der Waals surface area contributed by atoms with Gasteiger partial charge >= 0.3 is 0 Å². The Balaban J connectivity index is 1.36. The molecular formula is C22H24F2N6O3S. The Morgan fingerprint density at radius 1 is 1.18 bits per heavy atom. The number of carbonyl (C=O) groups excluding carboxylic acids is 1. The zero-order valence-electron chi connectivity index (χ0n) is 19.0. The number of piperazine rings is 1. The number of likely N-dealkylation sites (N-methyl/N-ethyl adjacent to an activating group) is 1. The number of aromatic nitrogens is 3. The van der Waals surface area contributed by atoms with E-state index in [1.165, 1.54) is 43.8 Å². The van der Waals surface area contributed by atoms with E-state index < -0.39 is 11.6 Å². The molecule has 2 aromatic heterocycles. The molecule has 0 unspecified atom stereocenters. The normalized spacial score (nSPS) is 14.2. The Hall–Kier alpha value is -3.38. The molecule has 1 aliphatic rings. The van der Waals surface area contributed by atoms with Gasteiger partial charge in [0.05, 0.1) is 25.1 Å². The second-order valence-electron chi connectivity index (χ2n) is 7.79. The third-order valence-corrected chi connectivity index (χ3v) is 6.16. The highest BCUT2D eigenvalue weighted by Crippen LogP contribution is 2.27. The van der Waals surface area contributed by atoms with Crippen LogP contribution in [0.5, 0.6) is 11.5 Å². The van der Waals surface area contributed by atoms with Gasteiger partial charge < -0.3 is 24.6 Å². The molecule has 1 fully saturated rings. The summed E-state index contributed by atoms with van der Waals surface area (Å²) < 4.78 is 39.1. The minimum atomic E-state index is -0.810. The number of amides is 1. The van der Waals surface area contributed by atoms with Gasteiger partial charge in [-0.3, -0.25) is 4.79 Å². The maximum Gasteiger partial charge on any atom is 0.273 e. The first-order valence-electron chi connectivity index (χ1n) is 10.5. The summed E-state index contributed by atoms with van der Waals surface area (Å²) in [7, 11) is 3.34. The second kappa shape index (κ2) is 10.3. The molecular weight excluding hydrogens is 466 g/mol. The van der Waals surface area contributed by atoms with Crippen molar-refractivity contribution in [3.8, 4) is 11.5 Å². The van der Waals surface area contributed by atoms with E-state index in [0.717, 1.165) is 13.1 Å². The summed E-state index contributed by atoms with van der Waals surface area (Å²) in [5, 5.41) is 5.11. The van der Waals surface area contributed by atoms with E-state index >= 15 is 0 Å². The minimum absolute atomic E-state index is 0.0535. The molecule has 3 aromatic rings. The molecule has 180 valence electrons. The van der Waals surface area contributed by atoms with Gasteiger partial charge in [0.1, 0.15) is 18.1 Å². The van der Waals surface area contributed by atoms with Crippen molar-refractivity contribution in [2.75, 3.05) is 45.7 Å². The molecule has 9 nitrogen and oxygen atoms in total. The van der Waals surface area contributed by atoms with Crippen molar-refractivity contribution in [2.45, 2.75) is 13.5 Å². The smallest absolute Gasteiger partial charge is 0.273 e. The van der Waals surface area contributed by atoms with Crippen LogP contribution in [0, 0.1) is 18.6 Å². The van der Waals surface area contributed by atoms with Crippen LogP contribution in [0.1, 0.15) is 21.6 Å². The first-order valence-corrected chi connectivity index (χ1v) is 11.4. The maximum atomic E-state index is 14.4.